The van der Waals surface area contributed by atoms with E-state index in [-0.39, 0.29) is 8.15 Å². The Morgan fingerprint density at radius 1 is 1.22 bits per heavy atom. The molecule has 0 aromatic rings. The van der Waals surface area contributed by atoms with Gasteiger partial charge in [0.1, 0.15) is 0 Å². The van der Waals surface area contributed by atoms with Crippen LogP contribution in [0, 0.1) is 0 Å². The van der Waals surface area contributed by atoms with Crippen molar-refractivity contribution >= 4 is 8.15 Å². The Balaban J connectivity index is 2.75. The van der Waals surface area contributed by atoms with Crippen molar-refractivity contribution in [2.24, 2.45) is 0 Å². The molecule has 9 heavy (non-hydrogen) atoms. The van der Waals surface area contributed by atoms with E-state index < -0.39 is 0 Å². The molecular weight excluding hydrogens is 131 g/mol. The van der Waals surface area contributed by atoms with E-state index in [0.717, 1.165) is 6.61 Å². The zero-order valence-corrected chi connectivity index (χ0v) is 7.58. The molecule has 0 fully saturated rings. The van der Waals surface area contributed by atoms with Crippen molar-refractivity contribution in [3.63, 3.8) is 0 Å². The third-order valence-corrected chi connectivity index (χ3v) is 1.80. The maximum Gasteiger partial charge on any atom is 0.0508 e. The summed E-state index contributed by atoms with van der Waals surface area (Å²) in [6, 6.07) is 0. The number of rotatable bonds is 5. The van der Waals surface area contributed by atoms with Crippen LogP contribution in [0.5, 0.6) is 0 Å². The van der Waals surface area contributed by atoms with E-state index in [0.29, 0.717) is 0 Å². The van der Waals surface area contributed by atoms with E-state index in [1.807, 2.05) is 0 Å². The van der Waals surface area contributed by atoms with Gasteiger partial charge in [0.15, 0.2) is 0 Å². The largest absolute Gasteiger partial charge is 0.360 e. The second-order valence-electron chi connectivity index (χ2n) is 2.35. The average molecular weight is 148 g/mol. The minimum atomic E-state index is -0.117. The van der Waals surface area contributed by atoms with Gasteiger partial charge in [0, 0.05) is 8.15 Å². The van der Waals surface area contributed by atoms with Crippen LogP contribution < -0.4 is 0 Å². The lowest BCUT2D eigenvalue weighted by molar-refractivity contribution is 0.342. The monoisotopic (exact) mass is 148 g/mol. The molecule has 0 heterocycles. The number of hydrogen-bond acceptors (Lipinski definition) is 1. The summed E-state index contributed by atoms with van der Waals surface area (Å²) in [5, 5.41) is 0. The van der Waals surface area contributed by atoms with Gasteiger partial charge >= 0.3 is 0 Å². The van der Waals surface area contributed by atoms with Crippen molar-refractivity contribution in [2.45, 2.75) is 26.2 Å². The molecule has 0 radical (unpaired) electrons. The highest BCUT2D eigenvalue weighted by molar-refractivity contribution is 7.50. The summed E-state index contributed by atoms with van der Waals surface area (Å²) in [7, 11) is -0.117. The minimum Gasteiger partial charge on any atom is -0.360 e. The van der Waals surface area contributed by atoms with Gasteiger partial charge in [-0.05, 0) is 19.8 Å². The molecule has 56 valence electrons. The van der Waals surface area contributed by atoms with Crippen LogP contribution in [0.2, 0.25) is 0 Å². The van der Waals surface area contributed by atoms with Crippen molar-refractivity contribution in [3.05, 3.63) is 0 Å². The Hall–Kier alpha value is 0.390. The summed E-state index contributed by atoms with van der Waals surface area (Å²) in [5.74, 6) is 0. The summed E-state index contributed by atoms with van der Waals surface area (Å²) in [5.41, 5.74) is 0. The third kappa shape index (κ3) is 8.39. The van der Waals surface area contributed by atoms with Crippen molar-refractivity contribution in [3.8, 4) is 0 Å². The molecule has 0 rings (SSSR count). The van der Waals surface area contributed by atoms with Crippen LogP contribution in [-0.4, -0.2) is 19.9 Å². The first-order chi connectivity index (χ1) is 4.27. The second-order valence-corrected chi connectivity index (χ2v) is 4.24. The van der Waals surface area contributed by atoms with Gasteiger partial charge in [-0.25, -0.2) is 0 Å². The van der Waals surface area contributed by atoms with Crippen LogP contribution >= 0.6 is 8.15 Å². The minimum absolute atomic E-state index is 0.117. The predicted octanol–water partition coefficient (Wildman–Crippen LogP) is 2.85. The van der Waals surface area contributed by atoms with Crippen LogP contribution in [0.3, 0.4) is 0 Å². The van der Waals surface area contributed by atoms with Crippen LogP contribution in [0.4, 0.5) is 0 Å². The summed E-state index contributed by atoms with van der Waals surface area (Å²) < 4.78 is 5.41. The Kier molecular flexibility index (Phi) is 6.79. The second kappa shape index (κ2) is 6.51. The van der Waals surface area contributed by atoms with Gasteiger partial charge in [0.25, 0.3) is 0 Å². The molecule has 0 atom stereocenters. The summed E-state index contributed by atoms with van der Waals surface area (Å²) in [6.45, 7) is 7.45. The summed E-state index contributed by atoms with van der Waals surface area (Å²) in [6.07, 6.45) is 3.83. The highest BCUT2D eigenvalue weighted by Gasteiger charge is 1.90. The molecule has 0 unspecified atom stereocenters. The average Bonchev–Trinajstić information content (AvgIpc) is 1.80. The fourth-order valence-corrected chi connectivity index (χ4v) is 1.09. The van der Waals surface area contributed by atoms with Crippen LogP contribution in [-0.2, 0) is 4.52 Å². The summed E-state index contributed by atoms with van der Waals surface area (Å²) >= 11 is 0. The van der Waals surface area contributed by atoms with E-state index in [1.165, 1.54) is 19.3 Å². The van der Waals surface area contributed by atoms with E-state index in [1.54, 1.807) is 0 Å². The van der Waals surface area contributed by atoms with Crippen molar-refractivity contribution in [1.82, 2.24) is 0 Å². The highest BCUT2D eigenvalue weighted by Crippen LogP contribution is 2.25. The zero-order valence-electron chi connectivity index (χ0n) is 6.68. The fourth-order valence-electron chi connectivity index (χ4n) is 0.599. The maximum atomic E-state index is 5.41. The zero-order chi connectivity index (χ0) is 7.11. The normalized spacial score (nSPS) is 10.7. The van der Waals surface area contributed by atoms with Gasteiger partial charge in [-0.15, -0.1) is 0 Å². The van der Waals surface area contributed by atoms with Crippen LogP contribution in [0.15, 0.2) is 0 Å². The molecule has 0 saturated carbocycles. The van der Waals surface area contributed by atoms with Gasteiger partial charge in [-0.1, -0.05) is 19.8 Å². The van der Waals surface area contributed by atoms with E-state index in [9.17, 15) is 0 Å². The molecule has 2 heteroatoms. The molecule has 0 N–H and O–H groups in total. The van der Waals surface area contributed by atoms with Crippen LogP contribution in [0.25, 0.3) is 0 Å². The number of hydrogen-bond donors (Lipinski definition) is 0. The molecule has 0 spiro atoms. The van der Waals surface area contributed by atoms with Gasteiger partial charge in [-0.2, -0.15) is 0 Å². The Morgan fingerprint density at radius 2 is 1.89 bits per heavy atom. The molecule has 0 bridgehead atoms. The van der Waals surface area contributed by atoms with Crippen molar-refractivity contribution in [1.29, 1.82) is 0 Å². The third-order valence-electron chi connectivity index (χ3n) is 1.10. The molecule has 0 amide bonds. The van der Waals surface area contributed by atoms with Gasteiger partial charge in [0.05, 0.1) is 6.61 Å². The Morgan fingerprint density at radius 3 is 2.33 bits per heavy atom. The first kappa shape index (κ1) is 9.39. The molecule has 0 aliphatic rings. The molecule has 0 saturated heterocycles. The highest BCUT2D eigenvalue weighted by atomic mass is 31.1. The standard InChI is InChI=1S/C7H17OP/c1-4-5-6-7-8-9(2)3/h4-7H2,1-3H3. The van der Waals surface area contributed by atoms with Crippen molar-refractivity contribution < 1.29 is 4.52 Å². The van der Waals surface area contributed by atoms with Gasteiger partial charge < -0.3 is 4.52 Å². The number of unbranched alkanes of at least 4 members (excludes halogenated alkanes) is 2. The Labute approximate surface area is 59.6 Å². The lowest BCUT2D eigenvalue weighted by Crippen LogP contribution is -1.87. The molecule has 0 aromatic carbocycles. The summed E-state index contributed by atoms with van der Waals surface area (Å²) in [4.78, 5) is 0. The SMILES string of the molecule is CCCCCOP(C)C. The van der Waals surface area contributed by atoms with E-state index >= 15 is 0 Å². The lowest BCUT2D eigenvalue weighted by atomic mass is 10.3. The maximum absolute atomic E-state index is 5.41. The quantitative estimate of drug-likeness (QED) is 0.430. The van der Waals surface area contributed by atoms with E-state index in [2.05, 4.69) is 20.3 Å². The predicted molar refractivity (Wildman–Crippen MR) is 44.2 cm³/mol. The molecule has 0 aliphatic carbocycles. The lowest BCUT2D eigenvalue weighted by Gasteiger charge is -2.05. The van der Waals surface area contributed by atoms with Crippen LogP contribution in [0.1, 0.15) is 26.2 Å². The molecule has 0 aromatic heterocycles. The Bertz CT molecular complexity index is 54.9. The fraction of sp³-hybridized carbons (Fsp3) is 1.00. The van der Waals surface area contributed by atoms with Crippen molar-refractivity contribution in [2.75, 3.05) is 19.9 Å². The topological polar surface area (TPSA) is 9.23 Å². The first-order valence-corrected chi connectivity index (χ1v) is 5.73. The molecule has 0 aliphatic heterocycles. The molecule has 1 nitrogen and oxygen atoms in total. The van der Waals surface area contributed by atoms with E-state index in [4.69, 9.17) is 4.52 Å². The van der Waals surface area contributed by atoms with Gasteiger partial charge in [-0.3, -0.25) is 0 Å². The molecular formula is C7H17OP. The van der Waals surface area contributed by atoms with Gasteiger partial charge in [0.2, 0.25) is 0 Å². The smallest absolute Gasteiger partial charge is 0.0508 e. The first-order valence-electron chi connectivity index (χ1n) is 3.57.